The molecule has 0 heterocycles. The number of benzene rings is 2. The summed E-state index contributed by atoms with van der Waals surface area (Å²) in [5.74, 6) is 0.937. The second-order valence-electron chi connectivity index (χ2n) is 7.63. The number of unbranched alkanes of at least 4 members (excludes halogenated alkanes) is 1. The normalized spacial score (nSPS) is 11.4. The van der Waals surface area contributed by atoms with Crippen molar-refractivity contribution in [3.8, 4) is 17.2 Å². The van der Waals surface area contributed by atoms with Crippen LogP contribution in [-0.4, -0.2) is 44.1 Å². The summed E-state index contributed by atoms with van der Waals surface area (Å²) >= 11 is 6.28. The fourth-order valence-electron chi connectivity index (χ4n) is 3.19. The molecule has 0 unspecified atom stereocenters. The Hall–Kier alpha value is -2.70. The van der Waals surface area contributed by atoms with Crippen molar-refractivity contribution in [1.82, 2.24) is 0 Å². The Balaban J connectivity index is 2.12. The number of aliphatic carboxylic acids is 1. The first-order valence-electron chi connectivity index (χ1n) is 11.8. The van der Waals surface area contributed by atoms with Crippen LogP contribution < -0.4 is 14.2 Å². The van der Waals surface area contributed by atoms with Gasteiger partial charge in [-0.2, -0.15) is 0 Å². The second-order valence-corrected chi connectivity index (χ2v) is 8.03. The number of ether oxygens (including phenoxy) is 4. The minimum Gasteiger partial charge on any atom is -0.492 e. The van der Waals surface area contributed by atoms with Gasteiger partial charge in [0.15, 0.2) is 11.5 Å². The quantitative estimate of drug-likeness (QED) is 0.216. The minimum absolute atomic E-state index is 0.286. The number of hydrogen-bond donors (Lipinski definition) is 1. The molecule has 7 heteroatoms. The standard InChI is InChI=1S/C27H35ClO6/c1-4-7-14-33-26-19-21(17-22(27(29)30)13-15-31-5-2)9-11-25(26)34-16-12-20-8-10-24(32-6-3)23(28)18-20/h8-11,17-19H,4-7,12-16H2,1-3H3,(H,29,30). The maximum absolute atomic E-state index is 11.6. The van der Waals surface area contributed by atoms with E-state index in [-0.39, 0.29) is 5.57 Å². The van der Waals surface area contributed by atoms with Crippen LogP contribution >= 0.6 is 11.6 Å². The Labute approximate surface area is 207 Å². The van der Waals surface area contributed by atoms with Crippen molar-refractivity contribution in [3.63, 3.8) is 0 Å². The van der Waals surface area contributed by atoms with Crippen molar-refractivity contribution in [3.05, 3.63) is 58.1 Å². The third-order valence-corrected chi connectivity index (χ3v) is 5.30. The number of carboxylic acids is 1. The van der Waals surface area contributed by atoms with E-state index in [9.17, 15) is 9.90 Å². The molecule has 2 aromatic carbocycles. The average Bonchev–Trinajstić information content (AvgIpc) is 2.81. The molecule has 0 aromatic heterocycles. The first-order valence-corrected chi connectivity index (χ1v) is 12.2. The lowest BCUT2D eigenvalue weighted by Crippen LogP contribution is -2.06. The number of carboxylic acid groups (broad SMARTS) is 1. The van der Waals surface area contributed by atoms with Gasteiger partial charge in [-0.1, -0.05) is 37.1 Å². The Bertz CT molecular complexity index is 941. The van der Waals surface area contributed by atoms with Crippen LogP contribution in [0, 0.1) is 0 Å². The molecule has 0 atom stereocenters. The Morgan fingerprint density at radius 2 is 1.68 bits per heavy atom. The van der Waals surface area contributed by atoms with Gasteiger partial charge in [0.25, 0.3) is 0 Å². The van der Waals surface area contributed by atoms with Crippen LogP contribution in [0.4, 0.5) is 0 Å². The molecule has 0 radical (unpaired) electrons. The molecule has 2 rings (SSSR count). The summed E-state index contributed by atoms with van der Waals surface area (Å²) < 4.78 is 22.8. The summed E-state index contributed by atoms with van der Waals surface area (Å²) in [6.45, 7) is 8.38. The maximum atomic E-state index is 11.6. The molecule has 0 saturated carbocycles. The zero-order chi connectivity index (χ0) is 24.8. The third-order valence-electron chi connectivity index (χ3n) is 5.00. The fourth-order valence-corrected chi connectivity index (χ4v) is 3.45. The van der Waals surface area contributed by atoms with Gasteiger partial charge in [-0.05, 0) is 61.7 Å². The fraction of sp³-hybridized carbons (Fsp3) is 0.444. The topological polar surface area (TPSA) is 74.2 Å². The van der Waals surface area contributed by atoms with E-state index < -0.39 is 5.97 Å². The molecule has 0 aliphatic rings. The molecule has 2 aromatic rings. The molecule has 0 bridgehead atoms. The molecule has 1 N–H and O–H groups in total. The lowest BCUT2D eigenvalue weighted by atomic mass is 10.1. The number of rotatable bonds is 16. The van der Waals surface area contributed by atoms with Gasteiger partial charge in [0.05, 0.1) is 31.5 Å². The van der Waals surface area contributed by atoms with E-state index >= 15 is 0 Å². The zero-order valence-electron chi connectivity index (χ0n) is 20.3. The first-order chi connectivity index (χ1) is 16.5. The van der Waals surface area contributed by atoms with E-state index in [0.29, 0.717) is 68.1 Å². The molecule has 0 spiro atoms. The molecule has 34 heavy (non-hydrogen) atoms. The predicted octanol–water partition coefficient (Wildman–Crippen LogP) is 6.43. The maximum Gasteiger partial charge on any atom is 0.331 e. The second kappa shape index (κ2) is 15.3. The van der Waals surface area contributed by atoms with Gasteiger partial charge < -0.3 is 24.1 Å². The van der Waals surface area contributed by atoms with Crippen LogP contribution in [-0.2, 0) is 16.0 Å². The van der Waals surface area contributed by atoms with Crippen LogP contribution in [0.5, 0.6) is 17.2 Å². The minimum atomic E-state index is -0.956. The molecular formula is C27H35ClO6. The smallest absolute Gasteiger partial charge is 0.331 e. The highest BCUT2D eigenvalue weighted by atomic mass is 35.5. The summed E-state index contributed by atoms with van der Waals surface area (Å²) in [4.78, 5) is 11.6. The van der Waals surface area contributed by atoms with Gasteiger partial charge in [-0.15, -0.1) is 0 Å². The van der Waals surface area contributed by atoms with Crippen LogP contribution in [0.15, 0.2) is 42.0 Å². The van der Waals surface area contributed by atoms with E-state index in [1.165, 1.54) is 0 Å². The van der Waals surface area contributed by atoms with Crippen molar-refractivity contribution < 1.29 is 28.8 Å². The summed E-state index contributed by atoms with van der Waals surface area (Å²) in [7, 11) is 0. The summed E-state index contributed by atoms with van der Waals surface area (Å²) in [5, 5.41) is 10.1. The Morgan fingerprint density at radius 1 is 0.912 bits per heavy atom. The van der Waals surface area contributed by atoms with Crippen molar-refractivity contribution in [2.24, 2.45) is 0 Å². The Kier molecular flexibility index (Phi) is 12.4. The van der Waals surface area contributed by atoms with E-state index in [4.69, 9.17) is 30.5 Å². The highest BCUT2D eigenvalue weighted by molar-refractivity contribution is 6.32. The van der Waals surface area contributed by atoms with E-state index in [0.717, 1.165) is 24.0 Å². The lowest BCUT2D eigenvalue weighted by Gasteiger charge is -2.14. The molecule has 6 nitrogen and oxygen atoms in total. The van der Waals surface area contributed by atoms with Crippen LogP contribution in [0.3, 0.4) is 0 Å². The summed E-state index contributed by atoms with van der Waals surface area (Å²) in [6.07, 6.45) is 4.58. The van der Waals surface area contributed by atoms with Crippen LogP contribution in [0.25, 0.3) is 6.08 Å². The highest BCUT2D eigenvalue weighted by Crippen LogP contribution is 2.31. The van der Waals surface area contributed by atoms with Gasteiger partial charge in [0, 0.05) is 25.0 Å². The van der Waals surface area contributed by atoms with Gasteiger partial charge >= 0.3 is 5.97 Å². The van der Waals surface area contributed by atoms with Gasteiger partial charge in [0.1, 0.15) is 5.75 Å². The largest absolute Gasteiger partial charge is 0.492 e. The SMILES string of the molecule is CCCCOc1cc(C=C(CCOCC)C(=O)O)ccc1OCCc1ccc(OCC)c(Cl)c1. The van der Waals surface area contributed by atoms with E-state index in [2.05, 4.69) is 6.92 Å². The Morgan fingerprint density at radius 3 is 2.35 bits per heavy atom. The summed E-state index contributed by atoms with van der Waals surface area (Å²) in [5.41, 5.74) is 2.07. The molecule has 186 valence electrons. The average molecular weight is 491 g/mol. The summed E-state index contributed by atoms with van der Waals surface area (Å²) in [6, 6.07) is 11.2. The van der Waals surface area contributed by atoms with Gasteiger partial charge in [0.2, 0.25) is 0 Å². The lowest BCUT2D eigenvalue weighted by molar-refractivity contribution is -0.132. The van der Waals surface area contributed by atoms with Crippen molar-refractivity contribution >= 4 is 23.6 Å². The van der Waals surface area contributed by atoms with Gasteiger partial charge in [-0.25, -0.2) is 4.79 Å². The van der Waals surface area contributed by atoms with Crippen LogP contribution in [0.1, 0.15) is 51.2 Å². The van der Waals surface area contributed by atoms with Crippen molar-refractivity contribution in [2.75, 3.05) is 33.0 Å². The van der Waals surface area contributed by atoms with Crippen molar-refractivity contribution in [1.29, 1.82) is 0 Å². The number of hydrogen-bond acceptors (Lipinski definition) is 5. The number of halogens is 1. The predicted molar refractivity (Wildman–Crippen MR) is 135 cm³/mol. The van der Waals surface area contributed by atoms with Gasteiger partial charge in [-0.3, -0.25) is 0 Å². The molecule has 0 aliphatic carbocycles. The highest BCUT2D eigenvalue weighted by Gasteiger charge is 2.11. The monoisotopic (exact) mass is 490 g/mol. The first kappa shape index (κ1) is 27.5. The molecule has 0 fully saturated rings. The van der Waals surface area contributed by atoms with Crippen molar-refractivity contribution in [2.45, 2.75) is 46.5 Å². The van der Waals surface area contributed by atoms with Crippen LogP contribution in [0.2, 0.25) is 5.02 Å². The van der Waals surface area contributed by atoms with E-state index in [1.54, 1.807) is 6.08 Å². The number of carbonyl (C=O) groups is 1. The molecule has 0 amide bonds. The zero-order valence-corrected chi connectivity index (χ0v) is 21.0. The third kappa shape index (κ3) is 9.27. The molecule has 0 saturated heterocycles. The molecule has 0 aliphatic heterocycles. The van der Waals surface area contributed by atoms with E-state index in [1.807, 2.05) is 50.2 Å². The molecular weight excluding hydrogens is 456 g/mol.